The Labute approximate surface area is 101 Å². The van der Waals surface area contributed by atoms with Crippen LogP contribution in [0.4, 0.5) is 0 Å². The molecule has 1 fully saturated rings. The van der Waals surface area contributed by atoms with Crippen molar-refractivity contribution in [3.63, 3.8) is 0 Å². The van der Waals surface area contributed by atoms with Crippen molar-refractivity contribution in [3.05, 3.63) is 29.8 Å². The van der Waals surface area contributed by atoms with Crippen LogP contribution in [0.15, 0.2) is 24.3 Å². The van der Waals surface area contributed by atoms with Crippen molar-refractivity contribution < 1.29 is 19.3 Å². The van der Waals surface area contributed by atoms with Crippen LogP contribution in [-0.2, 0) is 9.47 Å². The lowest BCUT2D eigenvalue weighted by Crippen LogP contribution is -2.30. The van der Waals surface area contributed by atoms with Crippen molar-refractivity contribution in [2.24, 2.45) is 0 Å². The SMILES string of the molecule is CCCOc1ccc(C2OCC(O)CO2)cc1. The number of benzene rings is 1. The molecule has 2 rings (SSSR count). The molecule has 0 amide bonds. The Balaban J connectivity index is 1.93. The maximum absolute atomic E-state index is 9.25. The maximum Gasteiger partial charge on any atom is 0.184 e. The van der Waals surface area contributed by atoms with Crippen LogP contribution in [0.5, 0.6) is 5.75 Å². The summed E-state index contributed by atoms with van der Waals surface area (Å²) < 4.78 is 16.3. The largest absolute Gasteiger partial charge is 0.494 e. The van der Waals surface area contributed by atoms with Gasteiger partial charge in [0.2, 0.25) is 0 Å². The van der Waals surface area contributed by atoms with Crippen molar-refractivity contribution in [1.29, 1.82) is 0 Å². The van der Waals surface area contributed by atoms with E-state index in [2.05, 4.69) is 6.92 Å². The molecular formula is C13H18O4. The third-order valence-corrected chi connectivity index (χ3v) is 2.51. The third kappa shape index (κ3) is 3.43. The highest BCUT2D eigenvalue weighted by atomic mass is 16.7. The molecule has 1 aromatic rings. The Morgan fingerprint density at radius 2 is 1.88 bits per heavy atom. The molecular weight excluding hydrogens is 220 g/mol. The van der Waals surface area contributed by atoms with Gasteiger partial charge in [0.1, 0.15) is 11.9 Å². The molecule has 4 heteroatoms. The van der Waals surface area contributed by atoms with Crippen LogP contribution in [0.1, 0.15) is 25.2 Å². The van der Waals surface area contributed by atoms with Crippen molar-refractivity contribution in [3.8, 4) is 5.75 Å². The summed E-state index contributed by atoms with van der Waals surface area (Å²) in [7, 11) is 0. The molecule has 0 atom stereocenters. The number of rotatable bonds is 4. The first-order chi connectivity index (χ1) is 8.29. The van der Waals surface area contributed by atoms with Gasteiger partial charge in [0.25, 0.3) is 0 Å². The molecule has 0 bridgehead atoms. The van der Waals surface area contributed by atoms with Crippen molar-refractivity contribution in [2.75, 3.05) is 19.8 Å². The minimum absolute atomic E-state index is 0.318. The van der Waals surface area contributed by atoms with E-state index in [-0.39, 0.29) is 6.29 Å². The first kappa shape index (κ1) is 12.4. The van der Waals surface area contributed by atoms with Crippen LogP contribution in [0, 0.1) is 0 Å². The first-order valence-electron chi connectivity index (χ1n) is 5.93. The van der Waals surface area contributed by atoms with Gasteiger partial charge in [-0.05, 0) is 18.6 Å². The Kier molecular flexibility index (Phi) is 4.36. The highest BCUT2D eigenvalue weighted by Crippen LogP contribution is 2.24. The van der Waals surface area contributed by atoms with Gasteiger partial charge >= 0.3 is 0 Å². The van der Waals surface area contributed by atoms with Crippen molar-refractivity contribution in [2.45, 2.75) is 25.7 Å². The smallest absolute Gasteiger partial charge is 0.184 e. The quantitative estimate of drug-likeness (QED) is 0.870. The molecule has 94 valence electrons. The second-order valence-electron chi connectivity index (χ2n) is 4.07. The van der Waals surface area contributed by atoms with Gasteiger partial charge in [-0.2, -0.15) is 0 Å². The fourth-order valence-corrected chi connectivity index (χ4v) is 1.63. The molecule has 1 N–H and O–H groups in total. The summed E-state index contributed by atoms with van der Waals surface area (Å²) in [6, 6.07) is 7.66. The van der Waals surface area contributed by atoms with Crippen LogP contribution in [0.2, 0.25) is 0 Å². The lowest BCUT2D eigenvalue weighted by molar-refractivity contribution is -0.220. The Morgan fingerprint density at radius 3 is 2.47 bits per heavy atom. The summed E-state index contributed by atoms with van der Waals surface area (Å²) in [6.07, 6.45) is 0.103. The molecule has 1 heterocycles. The molecule has 1 aromatic carbocycles. The van der Waals surface area contributed by atoms with Gasteiger partial charge in [0.05, 0.1) is 19.8 Å². The summed E-state index contributed by atoms with van der Waals surface area (Å²) >= 11 is 0. The Bertz CT molecular complexity index is 328. The first-order valence-corrected chi connectivity index (χ1v) is 5.93. The lowest BCUT2D eigenvalue weighted by Gasteiger charge is -2.26. The average molecular weight is 238 g/mol. The van der Waals surface area contributed by atoms with Crippen LogP contribution in [0.3, 0.4) is 0 Å². The molecule has 1 aliphatic heterocycles. The fraction of sp³-hybridized carbons (Fsp3) is 0.538. The second kappa shape index (κ2) is 6.00. The molecule has 0 unspecified atom stereocenters. The Morgan fingerprint density at radius 1 is 1.24 bits per heavy atom. The van der Waals surface area contributed by atoms with Crippen molar-refractivity contribution >= 4 is 0 Å². The van der Waals surface area contributed by atoms with Crippen LogP contribution < -0.4 is 4.74 Å². The van der Waals surface area contributed by atoms with Gasteiger partial charge in [-0.25, -0.2) is 0 Å². The van der Waals surface area contributed by atoms with Crippen LogP contribution in [-0.4, -0.2) is 31.0 Å². The summed E-state index contributed by atoms with van der Waals surface area (Å²) in [4.78, 5) is 0. The van der Waals surface area contributed by atoms with E-state index in [1.807, 2.05) is 24.3 Å². The van der Waals surface area contributed by atoms with E-state index in [0.29, 0.717) is 13.2 Å². The molecule has 17 heavy (non-hydrogen) atoms. The molecule has 1 saturated heterocycles. The monoisotopic (exact) mass is 238 g/mol. The summed E-state index contributed by atoms with van der Waals surface area (Å²) in [5.41, 5.74) is 0.945. The van der Waals surface area contributed by atoms with Gasteiger partial charge < -0.3 is 19.3 Å². The lowest BCUT2D eigenvalue weighted by atomic mass is 10.2. The zero-order chi connectivity index (χ0) is 12.1. The van der Waals surface area contributed by atoms with Gasteiger partial charge in [-0.3, -0.25) is 0 Å². The standard InChI is InChI=1S/C13H18O4/c1-2-7-15-12-5-3-10(4-6-12)13-16-8-11(14)9-17-13/h3-6,11,13-14H,2,7-9H2,1H3. The number of hydrogen-bond donors (Lipinski definition) is 1. The topological polar surface area (TPSA) is 47.9 Å². The van der Waals surface area contributed by atoms with E-state index >= 15 is 0 Å². The highest BCUT2D eigenvalue weighted by Gasteiger charge is 2.21. The number of ether oxygens (including phenoxy) is 3. The molecule has 0 aromatic heterocycles. The Hall–Kier alpha value is -1.10. The van der Waals surface area contributed by atoms with Crippen LogP contribution in [0.25, 0.3) is 0 Å². The minimum atomic E-state index is -0.515. The summed E-state index contributed by atoms with van der Waals surface area (Å²) in [6.45, 7) is 3.43. The summed E-state index contributed by atoms with van der Waals surface area (Å²) in [5, 5.41) is 9.25. The van der Waals surface area contributed by atoms with E-state index in [1.165, 1.54) is 0 Å². The molecule has 1 aliphatic rings. The van der Waals surface area contributed by atoms with E-state index in [9.17, 15) is 5.11 Å². The summed E-state index contributed by atoms with van der Waals surface area (Å²) in [5.74, 6) is 0.853. The normalized spacial score (nSPS) is 24.6. The predicted molar refractivity (Wildman–Crippen MR) is 62.9 cm³/mol. The number of hydrogen-bond acceptors (Lipinski definition) is 4. The van der Waals surface area contributed by atoms with Gasteiger partial charge in [0.15, 0.2) is 6.29 Å². The van der Waals surface area contributed by atoms with Crippen molar-refractivity contribution in [1.82, 2.24) is 0 Å². The van der Waals surface area contributed by atoms with Crippen LogP contribution >= 0.6 is 0 Å². The average Bonchev–Trinajstić information content (AvgIpc) is 2.38. The van der Waals surface area contributed by atoms with E-state index in [0.717, 1.165) is 24.3 Å². The molecule has 0 spiro atoms. The zero-order valence-electron chi connectivity index (χ0n) is 9.96. The number of aliphatic hydroxyl groups excluding tert-OH is 1. The molecule has 4 nitrogen and oxygen atoms in total. The molecule has 0 radical (unpaired) electrons. The maximum atomic E-state index is 9.25. The molecule has 0 aliphatic carbocycles. The fourth-order valence-electron chi connectivity index (χ4n) is 1.63. The highest BCUT2D eigenvalue weighted by molar-refractivity contribution is 5.28. The predicted octanol–water partition coefficient (Wildman–Crippen LogP) is 1.88. The molecule has 0 saturated carbocycles. The van der Waals surface area contributed by atoms with Gasteiger partial charge in [0, 0.05) is 5.56 Å². The third-order valence-electron chi connectivity index (χ3n) is 2.51. The number of aliphatic hydroxyl groups is 1. The van der Waals surface area contributed by atoms with Gasteiger partial charge in [-0.15, -0.1) is 0 Å². The van der Waals surface area contributed by atoms with E-state index in [4.69, 9.17) is 14.2 Å². The second-order valence-corrected chi connectivity index (χ2v) is 4.07. The van der Waals surface area contributed by atoms with Gasteiger partial charge in [-0.1, -0.05) is 19.1 Å². The van der Waals surface area contributed by atoms with E-state index < -0.39 is 6.10 Å². The minimum Gasteiger partial charge on any atom is -0.494 e. The van der Waals surface area contributed by atoms with E-state index in [1.54, 1.807) is 0 Å². The zero-order valence-corrected chi connectivity index (χ0v) is 9.96.